The normalized spacial score (nSPS) is 13.2. The van der Waals surface area contributed by atoms with Gasteiger partial charge in [-0.25, -0.2) is 0 Å². The van der Waals surface area contributed by atoms with E-state index in [2.05, 4.69) is 34.8 Å². The van der Waals surface area contributed by atoms with Gasteiger partial charge in [0.15, 0.2) is 0 Å². The first-order chi connectivity index (χ1) is 6.65. The number of hydrogen-bond donors (Lipinski definition) is 0. The highest BCUT2D eigenvalue weighted by Crippen LogP contribution is 2.23. The zero-order chi connectivity index (χ0) is 10.6. The summed E-state index contributed by atoms with van der Waals surface area (Å²) >= 11 is 9.59. The van der Waals surface area contributed by atoms with E-state index in [1.165, 1.54) is 5.56 Å². The van der Waals surface area contributed by atoms with Crippen LogP contribution in [-0.2, 0) is 6.42 Å². The zero-order valence-electron chi connectivity index (χ0n) is 8.50. The van der Waals surface area contributed by atoms with Crippen molar-refractivity contribution in [2.45, 2.75) is 20.3 Å². The molecule has 14 heavy (non-hydrogen) atoms. The predicted molar refractivity (Wildman–Crippen MR) is 65.1 cm³/mol. The van der Waals surface area contributed by atoms with Gasteiger partial charge in [0.25, 0.3) is 0 Å². The second-order valence-electron chi connectivity index (χ2n) is 3.83. The SMILES string of the molecule is CC(C)C(CBr)Cc1ccncc1Cl. The molecule has 1 atom stereocenters. The summed E-state index contributed by atoms with van der Waals surface area (Å²) in [5, 5.41) is 1.79. The third-order valence-electron chi connectivity index (χ3n) is 2.48. The van der Waals surface area contributed by atoms with Crippen LogP contribution in [0.15, 0.2) is 18.5 Å². The topological polar surface area (TPSA) is 12.9 Å². The summed E-state index contributed by atoms with van der Waals surface area (Å²) in [7, 11) is 0. The molecule has 0 aliphatic carbocycles. The van der Waals surface area contributed by atoms with Crippen LogP contribution < -0.4 is 0 Å². The van der Waals surface area contributed by atoms with Crippen molar-refractivity contribution in [1.82, 2.24) is 4.98 Å². The molecule has 0 amide bonds. The average Bonchev–Trinajstić information content (AvgIpc) is 2.16. The number of alkyl halides is 1. The van der Waals surface area contributed by atoms with Crippen LogP contribution in [0.2, 0.25) is 5.02 Å². The summed E-state index contributed by atoms with van der Waals surface area (Å²) in [5.74, 6) is 1.30. The van der Waals surface area contributed by atoms with Crippen molar-refractivity contribution in [1.29, 1.82) is 0 Å². The van der Waals surface area contributed by atoms with Crippen molar-refractivity contribution in [2.24, 2.45) is 11.8 Å². The van der Waals surface area contributed by atoms with Gasteiger partial charge in [-0.3, -0.25) is 4.98 Å². The fourth-order valence-corrected chi connectivity index (χ4v) is 2.49. The maximum absolute atomic E-state index is 6.05. The van der Waals surface area contributed by atoms with Crippen molar-refractivity contribution >= 4 is 27.5 Å². The van der Waals surface area contributed by atoms with E-state index in [0.717, 1.165) is 16.8 Å². The van der Waals surface area contributed by atoms with Crippen LogP contribution in [0, 0.1) is 11.8 Å². The molecule has 1 unspecified atom stereocenters. The molecule has 1 heterocycles. The van der Waals surface area contributed by atoms with Crippen LogP contribution in [0.25, 0.3) is 0 Å². The van der Waals surface area contributed by atoms with Crippen molar-refractivity contribution in [3.8, 4) is 0 Å². The van der Waals surface area contributed by atoms with E-state index in [0.29, 0.717) is 11.8 Å². The van der Waals surface area contributed by atoms with Gasteiger partial charge in [-0.2, -0.15) is 0 Å². The average molecular weight is 277 g/mol. The maximum Gasteiger partial charge on any atom is 0.0621 e. The number of halogens is 2. The molecule has 0 aliphatic rings. The fourth-order valence-electron chi connectivity index (χ4n) is 1.32. The Morgan fingerprint density at radius 2 is 2.21 bits per heavy atom. The first kappa shape index (κ1) is 12.0. The Balaban J connectivity index is 2.72. The van der Waals surface area contributed by atoms with Gasteiger partial charge in [-0.15, -0.1) is 0 Å². The molecule has 0 aliphatic heterocycles. The Morgan fingerprint density at radius 3 is 2.71 bits per heavy atom. The van der Waals surface area contributed by atoms with Gasteiger partial charge in [0, 0.05) is 17.7 Å². The standard InChI is InChI=1S/C11H15BrClN/c1-8(2)10(6-12)5-9-3-4-14-7-11(9)13/h3-4,7-8,10H,5-6H2,1-2H3. The van der Waals surface area contributed by atoms with Crippen LogP contribution in [0.1, 0.15) is 19.4 Å². The summed E-state index contributed by atoms with van der Waals surface area (Å²) < 4.78 is 0. The second kappa shape index (κ2) is 5.72. The third-order valence-corrected chi connectivity index (χ3v) is 3.65. The van der Waals surface area contributed by atoms with Crippen molar-refractivity contribution in [3.05, 3.63) is 29.0 Å². The molecule has 0 N–H and O–H groups in total. The molecular formula is C11H15BrClN. The van der Waals surface area contributed by atoms with Gasteiger partial charge in [0.1, 0.15) is 0 Å². The molecule has 1 aromatic rings. The molecule has 1 nitrogen and oxygen atoms in total. The number of aromatic nitrogens is 1. The molecule has 1 rings (SSSR count). The smallest absolute Gasteiger partial charge is 0.0621 e. The van der Waals surface area contributed by atoms with E-state index < -0.39 is 0 Å². The predicted octanol–water partition coefficient (Wildman–Crippen LogP) is 3.94. The van der Waals surface area contributed by atoms with E-state index in [1.807, 2.05) is 6.07 Å². The Labute approximate surface area is 99.0 Å². The summed E-state index contributed by atoms with van der Waals surface area (Å²) in [4.78, 5) is 3.98. The quantitative estimate of drug-likeness (QED) is 0.759. The molecular weight excluding hydrogens is 261 g/mol. The van der Waals surface area contributed by atoms with E-state index in [4.69, 9.17) is 11.6 Å². The van der Waals surface area contributed by atoms with E-state index in [9.17, 15) is 0 Å². The summed E-state index contributed by atoms with van der Waals surface area (Å²) in [6.07, 6.45) is 4.53. The minimum Gasteiger partial charge on any atom is -0.263 e. The molecule has 0 bridgehead atoms. The Bertz CT molecular complexity index is 288. The van der Waals surface area contributed by atoms with E-state index in [-0.39, 0.29) is 0 Å². The number of nitrogens with zero attached hydrogens (tertiary/aromatic N) is 1. The largest absolute Gasteiger partial charge is 0.263 e. The first-order valence-corrected chi connectivity index (χ1v) is 6.29. The Morgan fingerprint density at radius 1 is 1.50 bits per heavy atom. The lowest BCUT2D eigenvalue weighted by Crippen LogP contribution is -2.13. The van der Waals surface area contributed by atoms with Crippen molar-refractivity contribution in [3.63, 3.8) is 0 Å². The van der Waals surface area contributed by atoms with Crippen LogP contribution in [0.5, 0.6) is 0 Å². The van der Waals surface area contributed by atoms with Gasteiger partial charge >= 0.3 is 0 Å². The Kier molecular flexibility index (Phi) is 4.90. The fraction of sp³-hybridized carbons (Fsp3) is 0.545. The van der Waals surface area contributed by atoms with Crippen LogP contribution in [-0.4, -0.2) is 10.3 Å². The minimum atomic E-state index is 0.634. The summed E-state index contributed by atoms with van der Waals surface area (Å²) in [5.41, 5.74) is 1.19. The van der Waals surface area contributed by atoms with Crippen molar-refractivity contribution < 1.29 is 0 Å². The maximum atomic E-state index is 6.05. The third kappa shape index (κ3) is 3.25. The highest BCUT2D eigenvalue weighted by molar-refractivity contribution is 9.09. The molecule has 78 valence electrons. The molecule has 1 aromatic heterocycles. The summed E-state index contributed by atoms with van der Waals surface area (Å²) in [6.45, 7) is 4.47. The Hall–Kier alpha value is -0.0800. The van der Waals surface area contributed by atoms with Gasteiger partial charge in [-0.1, -0.05) is 41.4 Å². The molecule has 0 aromatic carbocycles. The highest BCUT2D eigenvalue weighted by Gasteiger charge is 2.13. The van der Waals surface area contributed by atoms with E-state index >= 15 is 0 Å². The van der Waals surface area contributed by atoms with Gasteiger partial charge in [0.2, 0.25) is 0 Å². The van der Waals surface area contributed by atoms with Gasteiger partial charge < -0.3 is 0 Å². The molecule has 3 heteroatoms. The number of pyridine rings is 1. The number of rotatable bonds is 4. The van der Waals surface area contributed by atoms with Gasteiger partial charge in [0.05, 0.1) is 5.02 Å². The lowest BCUT2D eigenvalue weighted by molar-refractivity contribution is 0.427. The van der Waals surface area contributed by atoms with Crippen LogP contribution in [0.3, 0.4) is 0 Å². The monoisotopic (exact) mass is 275 g/mol. The summed E-state index contributed by atoms with van der Waals surface area (Å²) in [6, 6.07) is 2.00. The lowest BCUT2D eigenvalue weighted by atomic mass is 9.91. The van der Waals surface area contributed by atoms with Gasteiger partial charge in [-0.05, 0) is 29.9 Å². The van der Waals surface area contributed by atoms with Crippen LogP contribution >= 0.6 is 27.5 Å². The highest BCUT2D eigenvalue weighted by atomic mass is 79.9. The van der Waals surface area contributed by atoms with Crippen LogP contribution in [0.4, 0.5) is 0 Å². The second-order valence-corrected chi connectivity index (χ2v) is 4.88. The van der Waals surface area contributed by atoms with Crippen molar-refractivity contribution in [2.75, 3.05) is 5.33 Å². The molecule has 0 saturated carbocycles. The zero-order valence-corrected chi connectivity index (χ0v) is 10.8. The lowest BCUT2D eigenvalue weighted by Gasteiger charge is -2.18. The molecule has 0 saturated heterocycles. The molecule has 0 fully saturated rings. The first-order valence-electron chi connectivity index (χ1n) is 4.79. The number of hydrogen-bond acceptors (Lipinski definition) is 1. The van der Waals surface area contributed by atoms with E-state index in [1.54, 1.807) is 12.4 Å². The minimum absolute atomic E-state index is 0.634. The molecule has 0 radical (unpaired) electrons. The molecule has 0 spiro atoms.